The Morgan fingerprint density at radius 1 is 1.40 bits per heavy atom. The van der Waals surface area contributed by atoms with Crippen LogP contribution in [-0.4, -0.2) is 0 Å². The maximum absolute atomic E-state index is 3.86. The lowest BCUT2D eigenvalue weighted by molar-refractivity contribution is 0.384. The molecule has 0 N–H and O–H groups in total. The molecule has 0 radical (unpaired) electrons. The van der Waals surface area contributed by atoms with E-state index < -0.39 is 0 Å². The third-order valence-corrected chi connectivity index (χ3v) is 2.92. The van der Waals surface area contributed by atoms with Gasteiger partial charge in [-0.1, -0.05) is 25.5 Å². The molecule has 10 heavy (non-hydrogen) atoms. The molecule has 1 unspecified atom stereocenters. The van der Waals surface area contributed by atoms with Crippen molar-refractivity contribution in [3.63, 3.8) is 0 Å². The number of allylic oxidation sites excluding steroid dienone is 2. The van der Waals surface area contributed by atoms with Crippen molar-refractivity contribution in [3.8, 4) is 0 Å². The van der Waals surface area contributed by atoms with E-state index >= 15 is 0 Å². The van der Waals surface area contributed by atoms with Gasteiger partial charge in [-0.15, -0.1) is 13.2 Å². The summed E-state index contributed by atoms with van der Waals surface area (Å²) in [6, 6.07) is 0. The molecule has 0 heteroatoms. The smallest absolute Gasteiger partial charge is 0.00813 e. The second kappa shape index (κ2) is 2.61. The Hall–Kier alpha value is -0.520. The van der Waals surface area contributed by atoms with Crippen molar-refractivity contribution >= 4 is 0 Å². The fourth-order valence-corrected chi connectivity index (χ4v) is 1.92. The zero-order chi connectivity index (χ0) is 7.61. The van der Waals surface area contributed by atoms with Crippen LogP contribution in [0.15, 0.2) is 25.3 Å². The third-order valence-electron chi connectivity index (χ3n) is 2.92. The summed E-state index contributed by atoms with van der Waals surface area (Å²) in [6.07, 6.45) is 8.05. The fraction of sp³-hybridized carbons (Fsp3) is 0.600. The van der Waals surface area contributed by atoms with E-state index in [1.54, 1.807) is 0 Å². The average molecular weight is 136 g/mol. The molecular weight excluding hydrogens is 120 g/mol. The molecule has 56 valence electrons. The highest BCUT2D eigenvalue weighted by Gasteiger charge is 2.34. The molecule has 0 bridgehead atoms. The van der Waals surface area contributed by atoms with Crippen molar-refractivity contribution in [2.24, 2.45) is 11.3 Å². The minimum atomic E-state index is 0.264. The van der Waals surface area contributed by atoms with Crippen molar-refractivity contribution in [2.45, 2.75) is 26.2 Å². The van der Waals surface area contributed by atoms with Crippen LogP contribution in [0, 0.1) is 11.3 Å². The van der Waals surface area contributed by atoms with Crippen LogP contribution in [0.5, 0.6) is 0 Å². The van der Waals surface area contributed by atoms with Crippen LogP contribution in [0.2, 0.25) is 0 Å². The van der Waals surface area contributed by atoms with Crippen LogP contribution >= 0.6 is 0 Å². The Kier molecular flexibility index (Phi) is 1.98. The summed E-state index contributed by atoms with van der Waals surface area (Å²) in [5.74, 6) is 0.752. The summed E-state index contributed by atoms with van der Waals surface area (Å²) >= 11 is 0. The van der Waals surface area contributed by atoms with Crippen LogP contribution in [0.25, 0.3) is 0 Å². The Morgan fingerprint density at radius 3 is 2.20 bits per heavy atom. The van der Waals surface area contributed by atoms with Crippen LogP contribution in [0.1, 0.15) is 26.2 Å². The van der Waals surface area contributed by atoms with Crippen LogP contribution in [-0.2, 0) is 0 Å². The summed E-state index contributed by atoms with van der Waals surface area (Å²) in [4.78, 5) is 0. The highest BCUT2D eigenvalue weighted by atomic mass is 14.4. The van der Waals surface area contributed by atoms with E-state index in [2.05, 4.69) is 32.2 Å². The molecule has 1 aliphatic carbocycles. The molecule has 1 atom stereocenters. The normalized spacial score (nSPS) is 29.9. The number of hydrogen-bond acceptors (Lipinski definition) is 0. The molecule has 0 aromatic heterocycles. The van der Waals surface area contributed by atoms with Gasteiger partial charge in [0.2, 0.25) is 0 Å². The van der Waals surface area contributed by atoms with Gasteiger partial charge in [-0.25, -0.2) is 0 Å². The van der Waals surface area contributed by atoms with E-state index in [1.807, 2.05) is 0 Å². The van der Waals surface area contributed by atoms with E-state index in [9.17, 15) is 0 Å². The first-order chi connectivity index (χ1) is 4.75. The standard InChI is InChI=1S/C10H16/c1-4-10(5-2)8-6-7-9(10)3/h4-5,9H,1-2,6-8H2,3H3. The van der Waals surface area contributed by atoms with Gasteiger partial charge in [0, 0.05) is 5.41 Å². The van der Waals surface area contributed by atoms with Gasteiger partial charge in [0.1, 0.15) is 0 Å². The maximum Gasteiger partial charge on any atom is 0.00813 e. The van der Waals surface area contributed by atoms with E-state index in [4.69, 9.17) is 0 Å². The molecule has 0 saturated heterocycles. The SMILES string of the molecule is C=CC1(C=C)CCCC1C. The predicted molar refractivity (Wildman–Crippen MR) is 45.8 cm³/mol. The number of rotatable bonds is 2. The molecule has 1 rings (SSSR count). The van der Waals surface area contributed by atoms with Gasteiger partial charge in [0.25, 0.3) is 0 Å². The highest BCUT2D eigenvalue weighted by molar-refractivity contribution is 5.11. The van der Waals surface area contributed by atoms with E-state index in [1.165, 1.54) is 19.3 Å². The summed E-state index contributed by atoms with van der Waals surface area (Å²) in [6.45, 7) is 10.0. The lowest BCUT2D eigenvalue weighted by Crippen LogP contribution is -2.16. The summed E-state index contributed by atoms with van der Waals surface area (Å²) in [7, 11) is 0. The summed E-state index contributed by atoms with van der Waals surface area (Å²) in [5, 5.41) is 0. The zero-order valence-electron chi connectivity index (χ0n) is 6.77. The van der Waals surface area contributed by atoms with Crippen molar-refractivity contribution in [1.82, 2.24) is 0 Å². The number of hydrogen-bond donors (Lipinski definition) is 0. The third kappa shape index (κ3) is 0.920. The molecule has 0 aromatic rings. The van der Waals surface area contributed by atoms with Crippen LogP contribution in [0.4, 0.5) is 0 Å². The van der Waals surface area contributed by atoms with Crippen LogP contribution < -0.4 is 0 Å². The van der Waals surface area contributed by atoms with Gasteiger partial charge < -0.3 is 0 Å². The lowest BCUT2D eigenvalue weighted by atomic mass is 9.79. The van der Waals surface area contributed by atoms with E-state index in [0.717, 1.165) is 5.92 Å². The quantitative estimate of drug-likeness (QED) is 0.511. The van der Waals surface area contributed by atoms with Gasteiger partial charge >= 0.3 is 0 Å². The zero-order valence-corrected chi connectivity index (χ0v) is 6.77. The Labute approximate surface area is 63.6 Å². The molecule has 1 aliphatic rings. The van der Waals surface area contributed by atoms with Gasteiger partial charge in [0.05, 0.1) is 0 Å². The monoisotopic (exact) mass is 136 g/mol. The molecular formula is C10H16. The minimum Gasteiger partial charge on any atom is -0.102 e. The van der Waals surface area contributed by atoms with E-state index in [0.29, 0.717) is 0 Å². The Morgan fingerprint density at radius 2 is 2.00 bits per heavy atom. The largest absolute Gasteiger partial charge is 0.102 e. The lowest BCUT2D eigenvalue weighted by Gasteiger charge is -2.25. The summed E-state index contributed by atoms with van der Waals surface area (Å²) < 4.78 is 0. The predicted octanol–water partition coefficient (Wildman–Crippen LogP) is 3.16. The maximum atomic E-state index is 3.86. The Balaban J connectivity index is 2.80. The van der Waals surface area contributed by atoms with Crippen molar-refractivity contribution in [1.29, 1.82) is 0 Å². The second-order valence-corrected chi connectivity index (χ2v) is 3.31. The van der Waals surface area contributed by atoms with Crippen molar-refractivity contribution in [3.05, 3.63) is 25.3 Å². The first-order valence-corrected chi connectivity index (χ1v) is 4.02. The molecule has 0 spiro atoms. The summed E-state index contributed by atoms with van der Waals surface area (Å²) in [5.41, 5.74) is 0.264. The molecule has 1 saturated carbocycles. The molecule has 0 heterocycles. The molecule has 0 amide bonds. The van der Waals surface area contributed by atoms with Crippen molar-refractivity contribution in [2.75, 3.05) is 0 Å². The minimum absolute atomic E-state index is 0.264. The average Bonchev–Trinajstić information content (AvgIpc) is 2.32. The van der Waals surface area contributed by atoms with Gasteiger partial charge in [-0.2, -0.15) is 0 Å². The van der Waals surface area contributed by atoms with Gasteiger partial charge in [-0.05, 0) is 18.8 Å². The molecule has 0 aliphatic heterocycles. The molecule has 1 fully saturated rings. The van der Waals surface area contributed by atoms with Crippen LogP contribution in [0.3, 0.4) is 0 Å². The van der Waals surface area contributed by atoms with Gasteiger partial charge in [-0.3, -0.25) is 0 Å². The molecule has 0 aromatic carbocycles. The first kappa shape index (κ1) is 7.59. The first-order valence-electron chi connectivity index (χ1n) is 4.02. The fourth-order valence-electron chi connectivity index (χ4n) is 1.92. The molecule has 0 nitrogen and oxygen atoms in total. The van der Waals surface area contributed by atoms with E-state index in [-0.39, 0.29) is 5.41 Å². The Bertz CT molecular complexity index is 136. The highest BCUT2D eigenvalue weighted by Crippen LogP contribution is 2.44. The second-order valence-electron chi connectivity index (χ2n) is 3.31. The van der Waals surface area contributed by atoms with Gasteiger partial charge in [0.15, 0.2) is 0 Å². The topological polar surface area (TPSA) is 0 Å². The van der Waals surface area contributed by atoms with Crippen molar-refractivity contribution < 1.29 is 0 Å².